The number of hydrogen-bond donors (Lipinski definition) is 23. The lowest BCUT2D eigenvalue weighted by atomic mass is 10.0. The summed E-state index contributed by atoms with van der Waals surface area (Å²) in [6.07, 6.45) is -1.95. The van der Waals surface area contributed by atoms with E-state index in [2.05, 4.69) is 79.8 Å². The molecule has 0 aliphatic carbocycles. The lowest BCUT2D eigenvalue weighted by Gasteiger charge is -2.37. The molecule has 0 aromatic heterocycles. The zero-order valence-corrected chi connectivity index (χ0v) is 83.5. The zero-order chi connectivity index (χ0) is 104. The number of nitrogens with zero attached hydrogens (tertiary/aromatic N) is 5. The number of amides is 15. The summed E-state index contributed by atoms with van der Waals surface area (Å²) in [5.41, 5.74) is 7.31. The minimum Gasteiger partial charge on any atom is -0.508 e. The van der Waals surface area contributed by atoms with Crippen LogP contribution in [0.2, 0.25) is 0 Å². The van der Waals surface area contributed by atoms with Gasteiger partial charge in [-0.1, -0.05) is 109 Å². The molecule has 4 bridgehead atoms. The van der Waals surface area contributed by atoms with Gasteiger partial charge in [-0.15, -0.1) is 0 Å². The molecule has 2 unspecified atom stereocenters. The lowest BCUT2D eigenvalue weighted by molar-refractivity contribution is -0.143. The van der Waals surface area contributed by atoms with Gasteiger partial charge in [0.1, 0.15) is 84.3 Å². The highest BCUT2D eigenvalue weighted by Crippen LogP contribution is 2.29. The van der Waals surface area contributed by atoms with Gasteiger partial charge < -0.3 is 126 Å². The molecule has 15 amide bonds. The van der Waals surface area contributed by atoms with Crippen molar-refractivity contribution in [2.45, 2.75) is 189 Å². The Morgan fingerprint density at radius 1 is 0.504 bits per heavy atom. The van der Waals surface area contributed by atoms with E-state index in [0.29, 0.717) is 29.7 Å². The van der Waals surface area contributed by atoms with Crippen LogP contribution in [0.4, 0.5) is 5.69 Å². The maximum Gasteiger partial charge on any atom is 0.326 e. The van der Waals surface area contributed by atoms with Gasteiger partial charge in [0.15, 0.2) is 5.11 Å². The smallest absolute Gasteiger partial charge is 0.326 e. The maximum atomic E-state index is 15.4. The molecule has 778 valence electrons. The second kappa shape index (κ2) is 59.6. The number of carboxylic acid groups (broad SMARTS) is 6. The number of phenols is 1. The molecule has 24 N–H and O–H groups in total. The van der Waals surface area contributed by atoms with Gasteiger partial charge in [0.05, 0.1) is 39.1 Å². The fourth-order valence-corrected chi connectivity index (χ4v) is 22.3. The van der Waals surface area contributed by atoms with Gasteiger partial charge in [-0.05, 0) is 112 Å². The number of primary amides is 1. The van der Waals surface area contributed by atoms with E-state index in [4.69, 9.17) is 18.0 Å². The third-order valence-electron chi connectivity index (χ3n) is 22.5. The molecule has 2 aromatic carbocycles. The molecule has 5 aliphatic heterocycles. The second-order valence-corrected chi connectivity index (χ2v) is 42.4. The summed E-state index contributed by atoms with van der Waals surface area (Å²) in [6, 6.07) is -10.5. The molecule has 141 heavy (non-hydrogen) atoms. The molecule has 7 rings (SSSR count). The van der Waals surface area contributed by atoms with Crippen LogP contribution in [0.1, 0.15) is 103 Å². The number of rotatable bonds is 30. The molecule has 49 nitrogen and oxygen atoms in total. The zero-order valence-electron chi connectivity index (χ0n) is 77.8. The van der Waals surface area contributed by atoms with Gasteiger partial charge in [-0.3, -0.25) is 115 Å². The fraction of sp³-hybridized carbons (Fsp3) is 0.600. The van der Waals surface area contributed by atoms with E-state index in [1.165, 1.54) is 38.1 Å². The van der Waals surface area contributed by atoms with Crippen LogP contribution in [0.25, 0.3) is 0 Å². The molecule has 5 fully saturated rings. The van der Waals surface area contributed by atoms with E-state index < -0.39 is 301 Å². The quantitative estimate of drug-likeness (QED) is 0.0151. The average Bonchev–Trinajstić information content (AvgIpc) is 1.64. The summed E-state index contributed by atoms with van der Waals surface area (Å²) in [5, 5.41) is 109. The molecule has 0 spiro atoms. The summed E-state index contributed by atoms with van der Waals surface area (Å²) >= 11 is 5.63. The SMILES string of the molecule is CC(C)C[C@@H]1NC(=O)[C@H](CCC(=O)O)NC(=O)C2CSSC[C@@H]3NC(=O)C(C)NC(=O)[C@H]4CCCN4C(=O)[C@H](CC(N)=O)NC(=O)[C@H](CSSC[C@H](NC(=O)CCCCCNC(=S)Nc4ccc(C[C@H]5CN(CC(=O)O)CCN(CC(=O)O)CCN(CC(=O)O)CCN5CC(=O)O)cc4)C(=O)N2)NC(=O)[C@H](CSSC[C@@H](C(=O)N[C@@H](Cc2ccc(O)cc2)C(=O)O)NC(=O)CNC(=O)[C@@H](C)NC3=O)NC1=O. The summed E-state index contributed by atoms with van der Waals surface area (Å²) in [6.45, 7) is 3.81. The van der Waals surface area contributed by atoms with Crippen molar-refractivity contribution in [1.82, 2.24) is 98.9 Å². The average molecular weight is 2110 g/mol. The number of anilines is 1. The molecular weight excluding hydrogens is 1990 g/mol. The van der Waals surface area contributed by atoms with Crippen LogP contribution in [-0.2, 0) is 114 Å². The Labute approximate surface area is 840 Å². The molecular formula is C85H123N21O28S7. The van der Waals surface area contributed by atoms with Crippen LogP contribution < -0.4 is 85.5 Å². The fourth-order valence-electron chi connectivity index (χ4n) is 15.1. The van der Waals surface area contributed by atoms with Crippen LogP contribution in [0, 0.1) is 5.92 Å². The number of carbonyl (C=O) groups excluding carboxylic acids is 15. The van der Waals surface area contributed by atoms with E-state index in [1.807, 2.05) is 0 Å². The van der Waals surface area contributed by atoms with Crippen LogP contribution in [0.5, 0.6) is 5.75 Å². The molecule has 5 aliphatic rings. The topological polar surface area (TPSA) is 723 Å². The first-order chi connectivity index (χ1) is 66.9. The van der Waals surface area contributed by atoms with Crippen molar-refractivity contribution >= 4 is 212 Å². The molecule has 5 saturated heterocycles. The lowest BCUT2D eigenvalue weighted by Crippen LogP contribution is -2.61. The Morgan fingerprint density at radius 2 is 1.00 bits per heavy atom. The van der Waals surface area contributed by atoms with Crippen LogP contribution in [0.15, 0.2) is 48.5 Å². The molecule has 0 radical (unpaired) electrons. The predicted molar refractivity (Wildman–Crippen MR) is 525 cm³/mol. The number of carboxylic acids is 6. The first-order valence-corrected chi connectivity index (χ1v) is 53.1. The van der Waals surface area contributed by atoms with E-state index in [-0.39, 0.29) is 115 Å². The van der Waals surface area contributed by atoms with Crippen molar-refractivity contribution in [2.24, 2.45) is 11.7 Å². The third-order valence-corrected chi connectivity index (χ3v) is 30.0. The monoisotopic (exact) mass is 2110 g/mol. The van der Waals surface area contributed by atoms with Crippen molar-refractivity contribution in [3.8, 4) is 5.75 Å². The number of fused-ring (bicyclic) bond motifs is 20. The highest BCUT2D eigenvalue weighted by Gasteiger charge is 2.43. The Hall–Kier alpha value is -11.3. The highest BCUT2D eigenvalue weighted by molar-refractivity contribution is 8.77. The van der Waals surface area contributed by atoms with Crippen LogP contribution >= 0.6 is 77.0 Å². The molecule has 0 saturated carbocycles. The van der Waals surface area contributed by atoms with Crippen LogP contribution in [0.3, 0.4) is 0 Å². The Bertz CT molecular complexity index is 4770. The summed E-state index contributed by atoms with van der Waals surface area (Å²) in [5.74, 6) is -27.4. The van der Waals surface area contributed by atoms with Gasteiger partial charge in [0.2, 0.25) is 88.6 Å². The number of aromatic hydroxyl groups is 1. The number of carbonyl (C=O) groups is 21. The number of phenolic OH excluding ortho intramolecular Hbond substituents is 1. The number of nitrogens with one attached hydrogen (secondary N) is 15. The van der Waals surface area contributed by atoms with Crippen LogP contribution in [-0.4, -0.2) is 401 Å². The normalized spacial score (nSPS) is 24.8. The van der Waals surface area contributed by atoms with Crippen molar-refractivity contribution in [1.29, 1.82) is 0 Å². The molecule has 5 heterocycles. The number of aliphatic carboxylic acids is 6. The highest BCUT2D eigenvalue weighted by atomic mass is 33.1. The van der Waals surface area contributed by atoms with Gasteiger partial charge >= 0.3 is 35.8 Å². The summed E-state index contributed by atoms with van der Waals surface area (Å²) in [7, 11) is 4.67. The van der Waals surface area contributed by atoms with Gasteiger partial charge in [-0.2, -0.15) is 0 Å². The predicted octanol–water partition coefficient (Wildman–Crippen LogP) is -5.03. The first-order valence-electron chi connectivity index (χ1n) is 45.2. The van der Waals surface area contributed by atoms with Crippen molar-refractivity contribution in [3.05, 3.63) is 59.7 Å². The molecule has 56 heteroatoms. The Kier molecular flexibility index (Phi) is 49.3. The number of thiocarbonyl (C=S) groups is 1. The first kappa shape index (κ1) is 117. The van der Waals surface area contributed by atoms with Gasteiger partial charge in [0.25, 0.3) is 0 Å². The standard InChI is InChI=1S/C85H123N21O28S7/c1-45(2)29-54-75(124)99-62-44-140-137-40-58(77(126)97-56(84(133)134)31-49-13-17-52(107)18-14-49)93-66(110)33-88-72(121)46(3)89-76(125)59-41-138-141-42-60(79(128)94-53(74(123)95-54)19-20-67(111)112)100-78(127)57(39-136-139-43-61(101-81(62)130)80(129)96-55(32-64(86)108)83(132)106-22-8-9-63(106)82(131)90-47(4)73(122)98-59)92-65(109)10-6-5-7-21-87-85(135)91-50-15-11-48(12-16-50)30-51-34-104(37-70(117)118)26-25-102(35-68(113)114)23-24-103(36-69(115)116)27-28-105(51)38-71(119)120/h11-18,45-47,51,53-63,107H,5-10,19-44H2,1-4H3,(H2,86,108)(H,88,121)(H,89,125)(H,90,131)(H,92,109)(H,93,110)(H,94,128)(H,95,123)(H,96,129)(H,97,126)(H,98,122)(H,99,124)(H,100,127)(H,101,130)(H,111,112)(H,113,114)(H,115,116)(H,117,118)(H,119,120)(H,133,134)(H2,87,91,135)/t46-,47?,51+,53+,54+,55+,56+,57+,58+,59+,60?,61+,62+,63-/m1/s1. The van der Waals surface area contributed by atoms with E-state index in [9.17, 15) is 112 Å². The minimum atomic E-state index is -1.91. The maximum absolute atomic E-state index is 15.4. The van der Waals surface area contributed by atoms with Gasteiger partial charge in [0, 0.05) is 124 Å². The third kappa shape index (κ3) is 42.1. The molecule has 14 atom stereocenters. The second-order valence-electron chi connectivity index (χ2n) is 34.3. The number of hydrogen-bond acceptors (Lipinski definition) is 33. The van der Waals surface area contributed by atoms with E-state index in [0.717, 1.165) is 69.7 Å². The number of benzene rings is 2. The molecule has 2 aromatic rings. The van der Waals surface area contributed by atoms with Gasteiger partial charge in [-0.25, -0.2) is 4.79 Å². The Morgan fingerprint density at radius 3 is 1.57 bits per heavy atom. The largest absolute Gasteiger partial charge is 0.508 e. The minimum absolute atomic E-state index is 0.0303. The Balaban J connectivity index is 1.22. The summed E-state index contributed by atoms with van der Waals surface area (Å²) in [4.78, 5) is 300. The van der Waals surface area contributed by atoms with E-state index in [1.54, 1.807) is 57.7 Å². The van der Waals surface area contributed by atoms with Crippen molar-refractivity contribution in [2.75, 3.05) is 131 Å². The number of unbranched alkanes of at least 4 members (excludes halogenated alkanes) is 2. The van der Waals surface area contributed by atoms with Crippen molar-refractivity contribution in [3.63, 3.8) is 0 Å². The number of nitrogens with two attached hydrogens (primary N) is 1. The van der Waals surface area contributed by atoms with E-state index >= 15 is 24.0 Å². The van der Waals surface area contributed by atoms with Crippen molar-refractivity contribution < 1.29 is 136 Å². The summed E-state index contributed by atoms with van der Waals surface area (Å²) < 4.78 is 0.